The van der Waals surface area contributed by atoms with Gasteiger partial charge in [-0.3, -0.25) is 4.79 Å². The van der Waals surface area contributed by atoms with Crippen LogP contribution in [0.3, 0.4) is 0 Å². The van der Waals surface area contributed by atoms with Crippen molar-refractivity contribution in [2.45, 2.75) is 0 Å². The molecule has 0 atom stereocenters. The first-order valence-electron chi connectivity index (χ1n) is 4.54. The van der Waals surface area contributed by atoms with Crippen molar-refractivity contribution in [3.8, 4) is 0 Å². The third kappa shape index (κ3) is 2.23. The van der Waals surface area contributed by atoms with Gasteiger partial charge in [0.15, 0.2) is 0 Å². The maximum Gasteiger partial charge on any atom is 0.348 e. The summed E-state index contributed by atoms with van der Waals surface area (Å²) in [6, 6.07) is 3.30. The topological polar surface area (TPSA) is 53.0 Å². The molecule has 0 spiro atoms. The number of hydrogen-bond donors (Lipinski definition) is 0. The van der Waals surface area contributed by atoms with E-state index in [2.05, 4.69) is 5.10 Å². The first kappa shape index (κ1) is 11.1. The Hall–Kier alpha value is -1.40. The lowest BCUT2D eigenvalue weighted by Gasteiger charge is -2.09. The van der Waals surface area contributed by atoms with E-state index in [1.165, 1.54) is 16.3 Å². The number of rotatable bonds is 2. The van der Waals surface area contributed by atoms with Gasteiger partial charge >= 0.3 is 11.4 Å². The largest absolute Gasteiger partial charge is 0.348 e. The fourth-order valence-corrected chi connectivity index (χ4v) is 2.02. The number of imide groups is 1. The summed E-state index contributed by atoms with van der Waals surface area (Å²) >= 11 is 6.75. The lowest BCUT2D eigenvalue weighted by molar-refractivity contribution is 0.195. The average molecular weight is 258 g/mol. The molecule has 1 aromatic rings. The van der Waals surface area contributed by atoms with Crippen LogP contribution in [0, 0.1) is 0 Å². The van der Waals surface area contributed by atoms with Crippen LogP contribution in [0.25, 0.3) is 0 Å². The first-order valence-corrected chi connectivity index (χ1v) is 5.80. The van der Waals surface area contributed by atoms with Crippen LogP contribution in [0.5, 0.6) is 0 Å². The smallest absolute Gasteiger partial charge is 0.255 e. The third-order valence-corrected chi connectivity index (χ3v) is 3.08. The van der Waals surface area contributed by atoms with Crippen LogP contribution >= 0.6 is 22.9 Å². The lowest BCUT2D eigenvalue weighted by Crippen LogP contribution is -2.30. The van der Waals surface area contributed by atoms with E-state index in [1.54, 1.807) is 6.21 Å². The minimum atomic E-state index is -0.765. The number of thiophene rings is 1. The molecule has 1 saturated heterocycles. The number of hydrazone groups is 1. The van der Waals surface area contributed by atoms with Crippen molar-refractivity contribution in [1.82, 2.24) is 9.91 Å². The van der Waals surface area contributed by atoms with E-state index < -0.39 is 11.4 Å². The molecule has 7 heteroatoms. The van der Waals surface area contributed by atoms with Gasteiger partial charge in [-0.05, 0) is 23.0 Å². The van der Waals surface area contributed by atoms with Crippen molar-refractivity contribution in [2.75, 3.05) is 13.1 Å². The zero-order chi connectivity index (χ0) is 11.5. The van der Waals surface area contributed by atoms with Crippen LogP contribution in [-0.4, -0.2) is 40.6 Å². The van der Waals surface area contributed by atoms with Gasteiger partial charge in [-0.2, -0.15) is 5.10 Å². The van der Waals surface area contributed by atoms with Crippen LogP contribution in [-0.2, 0) is 0 Å². The molecule has 0 saturated carbocycles. The summed E-state index contributed by atoms with van der Waals surface area (Å²) in [6.45, 7) is 0.655. The molecule has 1 aromatic heterocycles. The van der Waals surface area contributed by atoms with Gasteiger partial charge in [0.1, 0.15) is 0 Å². The maximum atomic E-state index is 11.5. The predicted molar refractivity (Wildman–Crippen MR) is 62.0 cm³/mol. The van der Waals surface area contributed by atoms with E-state index in [0.717, 1.165) is 9.78 Å². The second-order valence-corrected chi connectivity index (χ2v) is 4.37. The van der Waals surface area contributed by atoms with Gasteiger partial charge in [0.05, 0.1) is 19.3 Å². The van der Waals surface area contributed by atoms with Crippen molar-refractivity contribution < 1.29 is 9.59 Å². The Balaban J connectivity index is 2.03. The summed E-state index contributed by atoms with van der Waals surface area (Å²) in [7, 11) is 0. The second-order valence-electron chi connectivity index (χ2n) is 3.07. The predicted octanol–water partition coefficient (Wildman–Crippen LogP) is 2.18. The van der Waals surface area contributed by atoms with Gasteiger partial charge in [0.2, 0.25) is 0 Å². The summed E-state index contributed by atoms with van der Waals surface area (Å²) in [5.74, 6) is 0. The number of amides is 3. The van der Waals surface area contributed by atoms with Crippen molar-refractivity contribution in [3.05, 3.63) is 22.4 Å². The molecule has 0 aliphatic carbocycles. The van der Waals surface area contributed by atoms with E-state index in [9.17, 15) is 9.59 Å². The van der Waals surface area contributed by atoms with Gasteiger partial charge < -0.3 is 0 Å². The van der Waals surface area contributed by atoms with Crippen molar-refractivity contribution in [1.29, 1.82) is 0 Å². The monoisotopic (exact) mass is 257 g/mol. The Bertz CT molecular complexity index is 432. The Morgan fingerprint density at radius 1 is 1.56 bits per heavy atom. The zero-order valence-electron chi connectivity index (χ0n) is 8.17. The number of halogens is 1. The van der Waals surface area contributed by atoms with E-state index in [1.807, 2.05) is 17.5 Å². The number of hydrogen-bond acceptors (Lipinski definition) is 4. The number of urea groups is 1. The van der Waals surface area contributed by atoms with E-state index >= 15 is 0 Å². The van der Waals surface area contributed by atoms with E-state index in [4.69, 9.17) is 11.6 Å². The molecule has 0 radical (unpaired) electrons. The number of nitrogens with zero attached hydrogens (tertiary/aromatic N) is 3. The normalized spacial score (nSPS) is 16.4. The van der Waals surface area contributed by atoms with Crippen molar-refractivity contribution in [3.63, 3.8) is 0 Å². The molecule has 2 heterocycles. The highest BCUT2D eigenvalue weighted by molar-refractivity contribution is 7.11. The Morgan fingerprint density at radius 2 is 2.38 bits per heavy atom. The molecule has 0 aromatic carbocycles. The van der Waals surface area contributed by atoms with Crippen LogP contribution < -0.4 is 0 Å². The number of carbonyl (C=O) groups is 2. The van der Waals surface area contributed by atoms with Crippen LogP contribution in [0.15, 0.2) is 22.6 Å². The highest BCUT2D eigenvalue weighted by Gasteiger charge is 2.31. The average Bonchev–Trinajstić information content (AvgIpc) is 2.84. The summed E-state index contributed by atoms with van der Waals surface area (Å²) < 4.78 is 0. The Kier molecular flexibility index (Phi) is 3.21. The van der Waals surface area contributed by atoms with E-state index in [0.29, 0.717) is 6.54 Å². The highest BCUT2D eigenvalue weighted by atomic mass is 35.5. The van der Waals surface area contributed by atoms with Crippen LogP contribution in [0.1, 0.15) is 4.88 Å². The molecule has 2 rings (SSSR count). The van der Waals surface area contributed by atoms with E-state index in [-0.39, 0.29) is 6.54 Å². The second kappa shape index (κ2) is 4.63. The Morgan fingerprint density at radius 3 is 2.94 bits per heavy atom. The van der Waals surface area contributed by atoms with Crippen LogP contribution in [0.4, 0.5) is 9.59 Å². The molecule has 84 valence electrons. The molecule has 1 fully saturated rings. The van der Waals surface area contributed by atoms with Gasteiger partial charge in [0.25, 0.3) is 0 Å². The zero-order valence-corrected chi connectivity index (χ0v) is 9.74. The molecule has 1 aliphatic rings. The molecular formula is C9H8ClN3O2S. The lowest BCUT2D eigenvalue weighted by atomic mass is 10.5. The molecule has 0 bridgehead atoms. The SMILES string of the molecule is O=C(Cl)N1CCN(N=Cc2cccs2)C1=O. The highest BCUT2D eigenvalue weighted by Crippen LogP contribution is 2.12. The van der Waals surface area contributed by atoms with Gasteiger partial charge in [0, 0.05) is 4.88 Å². The fraction of sp³-hybridized carbons (Fsp3) is 0.222. The summed E-state index contributed by atoms with van der Waals surface area (Å²) in [5, 5.41) is 6.37. The molecule has 0 N–H and O–H groups in total. The summed E-state index contributed by atoms with van der Waals surface area (Å²) in [6.07, 6.45) is 1.59. The number of carbonyl (C=O) groups excluding carboxylic acids is 2. The minimum Gasteiger partial charge on any atom is -0.255 e. The Labute approximate surface area is 101 Å². The molecule has 0 unspecified atom stereocenters. The third-order valence-electron chi connectivity index (χ3n) is 2.07. The molecule has 3 amide bonds. The maximum absolute atomic E-state index is 11.5. The van der Waals surface area contributed by atoms with Crippen molar-refractivity contribution >= 4 is 40.5 Å². The summed E-state index contributed by atoms with van der Waals surface area (Å²) in [4.78, 5) is 24.3. The van der Waals surface area contributed by atoms with Gasteiger partial charge in [-0.1, -0.05) is 6.07 Å². The molecular weight excluding hydrogens is 250 g/mol. The van der Waals surface area contributed by atoms with Gasteiger partial charge in [-0.25, -0.2) is 14.7 Å². The quantitative estimate of drug-likeness (QED) is 0.463. The fourth-order valence-electron chi connectivity index (χ4n) is 1.29. The molecule has 5 nitrogen and oxygen atoms in total. The van der Waals surface area contributed by atoms with Gasteiger partial charge in [-0.15, -0.1) is 11.3 Å². The first-order chi connectivity index (χ1) is 7.68. The van der Waals surface area contributed by atoms with Crippen LogP contribution in [0.2, 0.25) is 0 Å². The molecule has 16 heavy (non-hydrogen) atoms. The van der Waals surface area contributed by atoms with Crippen molar-refractivity contribution in [2.24, 2.45) is 5.10 Å². The molecule has 1 aliphatic heterocycles. The summed E-state index contributed by atoms with van der Waals surface area (Å²) in [5.41, 5.74) is 0. The standard InChI is InChI=1S/C9H8ClN3O2S/c10-8(14)12-3-4-13(9(12)15)11-6-7-2-1-5-16-7/h1-2,5-6H,3-4H2. The minimum absolute atomic E-state index is 0.281.